The second kappa shape index (κ2) is 5.31. The minimum Gasteiger partial charge on any atom is -0.366 e. The minimum absolute atomic E-state index is 0.0679. The number of amides is 1. The second-order valence-electron chi connectivity index (χ2n) is 4.39. The Hall–Kier alpha value is -2.18. The van der Waals surface area contributed by atoms with Crippen LogP contribution in [0.15, 0.2) is 30.6 Å². The monoisotopic (exact) mass is 321 g/mol. The molecule has 2 N–H and O–H groups in total. The van der Waals surface area contributed by atoms with E-state index in [0.29, 0.717) is 23.3 Å². The molecule has 0 aliphatic carbocycles. The molecule has 0 bridgehead atoms. The molecule has 0 fully saturated rings. The number of imidazole rings is 1. The number of hydrogen-bond donors (Lipinski definition) is 1. The van der Waals surface area contributed by atoms with Crippen LogP contribution in [0, 0.1) is 0 Å². The first-order valence-electron chi connectivity index (χ1n) is 5.97. The molecule has 6 nitrogen and oxygen atoms in total. The smallest absolute Gasteiger partial charge is 0.248 e. The van der Waals surface area contributed by atoms with Gasteiger partial charge in [0.2, 0.25) is 11.2 Å². The van der Waals surface area contributed by atoms with Crippen LogP contribution < -0.4 is 5.73 Å². The van der Waals surface area contributed by atoms with Gasteiger partial charge in [0.25, 0.3) is 0 Å². The molecule has 0 saturated carbocycles. The molecule has 1 amide bonds. The first kappa shape index (κ1) is 13.8. The van der Waals surface area contributed by atoms with Crippen LogP contribution in [0.3, 0.4) is 0 Å². The zero-order valence-electron chi connectivity index (χ0n) is 10.6. The molecule has 3 aromatic rings. The molecule has 8 heteroatoms. The maximum absolute atomic E-state index is 11.0. The van der Waals surface area contributed by atoms with E-state index in [4.69, 9.17) is 28.9 Å². The highest BCUT2D eigenvalue weighted by atomic mass is 35.5. The van der Waals surface area contributed by atoms with Gasteiger partial charge >= 0.3 is 0 Å². The molecule has 0 saturated heterocycles. The molecule has 0 atom stereocenters. The molecule has 21 heavy (non-hydrogen) atoms. The van der Waals surface area contributed by atoms with Gasteiger partial charge in [-0.1, -0.05) is 23.7 Å². The zero-order valence-corrected chi connectivity index (χ0v) is 12.1. The maximum Gasteiger partial charge on any atom is 0.248 e. The highest BCUT2D eigenvalue weighted by molar-refractivity contribution is 6.35. The lowest BCUT2D eigenvalue weighted by molar-refractivity contribution is 0.100. The van der Waals surface area contributed by atoms with Crippen LogP contribution in [0.4, 0.5) is 0 Å². The predicted octanol–water partition coefficient (Wildman–Crippen LogP) is 2.28. The molecule has 0 radical (unpaired) electrons. The summed E-state index contributed by atoms with van der Waals surface area (Å²) >= 11 is 11.8. The van der Waals surface area contributed by atoms with Crippen LogP contribution >= 0.6 is 23.2 Å². The van der Waals surface area contributed by atoms with E-state index < -0.39 is 5.91 Å². The number of primary amides is 1. The van der Waals surface area contributed by atoms with E-state index >= 15 is 0 Å². The average Bonchev–Trinajstić information content (AvgIpc) is 2.83. The van der Waals surface area contributed by atoms with Gasteiger partial charge in [0, 0.05) is 5.56 Å². The van der Waals surface area contributed by atoms with Crippen molar-refractivity contribution >= 4 is 40.3 Å². The lowest BCUT2D eigenvalue weighted by atomic mass is 10.1. The van der Waals surface area contributed by atoms with E-state index in [1.807, 2.05) is 12.1 Å². The summed E-state index contributed by atoms with van der Waals surface area (Å²) < 4.78 is 1.80. The number of halogens is 2. The number of benzene rings is 1. The first-order chi connectivity index (χ1) is 10.0. The molecular weight excluding hydrogens is 313 g/mol. The molecule has 3 rings (SSSR count). The summed E-state index contributed by atoms with van der Waals surface area (Å²) in [5, 5.41) is 0.283. The van der Waals surface area contributed by atoms with Gasteiger partial charge in [-0.3, -0.25) is 4.79 Å². The SMILES string of the molecule is NC(=O)c1ccc(Cn2cnc3c(Cl)nc(Cl)nc32)cc1. The Morgan fingerprint density at radius 1 is 1.19 bits per heavy atom. The van der Waals surface area contributed by atoms with Gasteiger partial charge in [0.1, 0.15) is 5.52 Å². The average molecular weight is 322 g/mol. The summed E-state index contributed by atoms with van der Waals surface area (Å²) in [4.78, 5) is 23.2. The van der Waals surface area contributed by atoms with Gasteiger partial charge in [-0.05, 0) is 29.3 Å². The standard InChI is InChI=1S/C13H9Cl2N5O/c14-10-9-12(19-13(15)18-10)20(6-17-9)5-7-1-3-8(4-2-7)11(16)21/h1-4,6H,5H2,(H2,16,21). The lowest BCUT2D eigenvalue weighted by Crippen LogP contribution is -2.10. The van der Waals surface area contributed by atoms with Crippen LogP contribution in [0.1, 0.15) is 15.9 Å². The largest absolute Gasteiger partial charge is 0.366 e. The highest BCUT2D eigenvalue weighted by Gasteiger charge is 2.11. The molecule has 0 spiro atoms. The number of aromatic nitrogens is 4. The fourth-order valence-corrected chi connectivity index (χ4v) is 2.39. The van der Waals surface area contributed by atoms with Crippen molar-refractivity contribution in [3.8, 4) is 0 Å². The Morgan fingerprint density at radius 2 is 1.90 bits per heavy atom. The van der Waals surface area contributed by atoms with Gasteiger partial charge < -0.3 is 10.3 Å². The number of carbonyl (C=O) groups is 1. The minimum atomic E-state index is -0.457. The fourth-order valence-electron chi connectivity index (χ4n) is 1.97. The van der Waals surface area contributed by atoms with Crippen molar-refractivity contribution < 1.29 is 4.79 Å². The third kappa shape index (κ3) is 2.68. The van der Waals surface area contributed by atoms with E-state index in [1.54, 1.807) is 23.0 Å². The van der Waals surface area contributed by atoms with Crippen LogP contribution in [0.5, 0.6) is 0 Å². The Labute approximate surface area is 129 Å². The van der Waals surface area contributed by atoms with Gasteiger partial charge in [-0.2, -0.15) is 4.98 Å². The number of nitrogens with zero attached hydrogens (tertiary/aromatic N) is 4. The van der Waals surface area contributed by atoms with E-state index in [9.17, 15) is 4.79 Å². The second-order valence-corrected chi connectivity index (χ2v) is 5.09. The zero-order chi connectivity index (χ0) is 15.0. The van der Waals surface area contributed by atoms with Gasteiger partial charge in [-0.25, -0.2) is 9.97 Å². The van der Waals surface area contributed by atoms with E-state index in [2.05, 4.69) is 15.0 Å². The van der Waals surface area contributed by atoms with Crippen molar-refractivity contribution in [2.75, 3.05) is 0 Å². The molecule has 0 aliphatic heterocycles. The topological polar surface area (TPSA) is 86.7 Å². The summed E-state index contributed by atoms with van der Waals surface area (Å²) in [6, 6.07) is 6.98. The summed E-state index contributed by atoms with van der Waals surface area (Å²) in [7, 11) is 0. The Kier molecular flexibility index (Phi) is 3.48. The van der Waals surface area contributed by atoms with E-state index in [1.165, 1.54) is 0 Å². The van der Waals surface area contributed by atoms with Crippen molar-refractivity contribution in [1.29, 1.82) is 0 Å². The van der Waals surface area contributed by atoms with E-state index in [0.717, 1.165) is 5.56 Å². The predicted molar refractivity (Wildman–Crippen MR) is 79.4 cm³/mol. The Balaban J connectivity index is 1.96. The summed E-state index contributed by atoms with van der Waals surface area (Å²) in [6.45, 7) is 0.513. The van der Waals surface area contributed by atoms with Crippen LogP contribution in [0.2, 0.25) is 10.4 Å². The number of hydrogen-bond acceptors (Lipinski definition) is 4. The molecule has 0 aliphatic rings. The summed E-state index contributed by atoms with van der Waals surface area (Å²) in [5.74, 6) is -0.457. The van der Waals surface area contributed by atoms with Crippen molar-refractivity contribution in [2.45, 2.75) is 6.54 Å². The van der Waals surface area contributed by atoms with Crippen molar-refractivity contribution in [1.82, 2.24) is 19.5 Å². The molecule has 0 unspecified atom stereocenters. The fraction of sp³-hybridized carbons (Fsp3) is 0.0769. The van der Waals surface area contributed by atoms with Crippen molar-refractivity contribution in [3.05, 3.63) is 52.2 Å². The third-order valence-corrected chi connectivity index (χ3v) is 3.42. The van der Waals surface area contributed by atoms with Gasteiger partial charge in [0.15, 0.2) is 10.8 Å². The number of rotatable bonds is 3. The highest BCUT2D eigenvalue weighted by Crippen LogP contribution is 2.21. The Bertz CT molecular complexity index is 828. The molecule has 2 heterocycles. The first-order valence-corrected chi connectivity index (χ1v) is 6.73. The van der Waals surface area contributed by atoms with E-state index in [-0.39, 0.29) is 10.4 Å². The summed E-state index contributed by atoms with van der Waals surface area (Å²) in [5.41, 5.74) is 7.68. The van der Waals surface area contributed by atoms with Crippen molar-refractivity contribution in [3.63, 3.8) is 0 Å². The Morgan fingerprint density at radius 3 is 2.57 bits per heavy atom. The number of nitrogens with two attached hydrogens (primary N) is 1. The third-order valence-electron chi connectivity index (χ3n) is 2.99. The van der Waals surface area contributed by atoms with Gasteiger partial charge in [-0.15, -0.1) is 0 Å². The quantitative estimate of drug-likeness (QED) is 0.592. The van der Waals surface area contributed by atoms with Crippen LogP contribution in [0.25, 0.3) is 11.2 Å². The van der Waals surface area contributed by atoms with Gasteiger partial charge in [0.05, 0.1) is 12.9 Å². The maximum atomic E-state index is 11.0. The molecule has 106 valence electrons. The number of carbonyl (C=O) groups excluding carboxylic acids is 1. The lowest BCUT2D eigenvalue weighted by Gasteiger charge is -2.05. The number of fused-ring (bicyclic) bond motifs is 1. The van der Waals surface area contributed by atoms with Crippen LogP contribution in [-0.2, 0) is 6.54 Å². The van der Waals surface area contributed by atoms with Crippen molar-refractivity contribution in [2.24, 2.45) is 5.73 Å². The van der Waals surface area contributed by atoms with Crippen LogP contribution in [-0.4, -0.2) is 25.4 Å². The summed E-state index contributed by atoms with van der Waals surface area (Å²) in [6.07, 6.45) is 1.61. The molecular formula is C13H9Cl2N5O. The molecule has 2 aromatic heterocycles. The normalized spacial score (nSPS) is 11.0. The molecule has 1 aromatic carbocycles.